The molecule has 0 spiro atoms. The van der Waals surface area contributed by atoms with Crippen molar-refractivity contribution in [2.75, 3.05) is 32.7 Å². The number of piperidine rings is 1. The van der Waals surface area contributed by atoms with Gasteiger partial charge < -0.3 is 9.47 Å². The number of imidazole rings is 1. The van der Waals surface area contributed by atoms with Gasteiger partial charge in [-0.05, 0) is 33.2 Å². The van der Waals surface area contributed by atoms with Gasteiger partial charge in [0.15, 0.2) is 0 Å². The molecule has 0 N–H and O–H groups in total. The molecule has 0 unspecified atom stereocenters. The maximum Gasteiger partial charge on any atom is 0.236 e. The van der Waals surface area contributed by atoms with Crippen LogP contribution in [0.4, 0.5) is 0 Å². The fourth-order valence-corrected chi connectivity index (χ4v) is 3.05. The van der Waals surface area contributed by atoms with Crippen molar-refractivity contribution in [2.24, 2.45) is 7.05 Å². The average Bonchev–Trinajstić information content (AvgIpc) is 2.86. The molecule has 1 amide bonds. The smallest absolute Gasteiger partial charge is 0.236 e. The predicted molar refractivity (Wildman–Crippen MR) is 79.6 cm³/mol. The van der Waals surface area contributed by atoms with Crippen molar-refractivity contribution in [3.05, 3.63) is 18.2 Å². The monoisotopic (exact) mass is 278 g/mol. The lowest BCUT2D eigenvalue weighted by atomic mass is 9.97. The summed E-state index contributed by atoms with van der Waals surface area (Å²) in [5.41, 5.74) is 0. The SMILES string of the molecule is CCN(CC)C(=O)CN1CCC[C@@H](c2nccn2C)C1. The molecule has 20 heavy (non-hydrogen) atoms. The summed E-state index contributed by atoms with van der Waals surface area (Å²) in [5, 5.41) is 0. The highest BCUT2D eigenvalue weighted by molar-refractivity contribution is 5.78. The first-order chi connectivity index (χ1) is 9.65. The molecule has 0 saturated carbocycles. The number of likely N-dealkylation sites (tertiary alicyclic amines) is 1. The van der Waals surface area contributed by atoms with Crippen molar-refractivity contribution >= 4 is 5.91 Å². The molecule has 1 fully saturated rings. The van der Waals surface area contributed by atoms with Gasteiger partial charge in [-0.25, -0.2) is 4.98 Å². The zero-order valence-corrected chi connectivity index (χ0v) is 12.9. The Hall–Kier alpha value is -1.36. The number of nitrogens with zero attached hydrogens (tertiary/aromatic N) is 4. The van der Waals surface area contributed by atoms with E-state index in [1.807, 2.05) is 38.2 Å². The second-order valence-corrected chi connectivity index (χ2v) is 5.54. The predicted octanol–water partition coefficient (Wildman–Crippen LogP) is 1.47. The van der Waals surface area contributed by atoms with E-state index < -0.39 is 0 Å². The first-order valence-electron chi connectivity index (χ1n) is 7.63. The number of rotatable bonds is 5. The molecule has 0 bridgehead atoms. The fraction of sp³-hybridized carbons (Fsp3) is 0.733. The van der Waals surface area contributed by atoms with Crippen molar-refractivity contribution in [1.82, 2.24) is 19.4 Å². The summed E-state index contributed by atoms with van der Waals surface area (Å²) >= 11 is 0. The molecule has 1 aliphatic rings. The van der Waals surface area contributed by atoms with Crippen LogP contribution < -0.4 is 0 Å². The van der Waals surface area contributed by atoms with E-state index in [0.717, 1.165) is 38.4 Å². The minimum atomic E-state index is 0.246. The highest BCUT2D eigenvalue weighted by Gasteiger charge is 2.26. The summed E-state index contributed by atoms with van der Waals surface area (Å²) in [7, 11) is 2.04. The Balaban J connectivity index is 1.94. The van der Waals surface area contributed by atoms with Gasteiger partial charge in [-0.2, -0.15) is 0 Å². The Kier molecular flexibility index (Phi) is 5.17. The van der Waals surface area contributed by atoms with Gasteiger partial charge in [0, 0.05) is 45.0 Å². The van der Waals surface area contributed by atoms with Crippen LogP contribution in [0.1, 0.15) is 38.4 Å². The van der Waals surface area contributed by atoms with Gasteiger partial charge in [-0.3, -0.25) is 9.69 Å². The summed E-state index contributed by atoms with van der Waals surface area (Å²) in [4.78, 5) is 20.8. The molecule has 5 nitrogen and oxygen atoms in total. The third kappa shape index (κ3) is 3.39. The minimum Gasteiger partial charge on any atom is -0.342 e. The van der Waals surface area contributed by atoms with Gasteiger partial charge in [0.1, 0.15) is 5.82 Å². The van der Waals surface area contributed by atoms with Crippen molar-refractivity contribution in [3.63, 3.8) is 0 Å². The topological polar surface area (TPSA) is 41.4 Å². The summed E-state index contributed by atoms with van der Waals surface area (Å²) in [6.45, 7) is 8.18. The molecule has 1 saturated heterocycles. The zero-order chi connectivity index (χ0) is 14.5. The first-order valence-corrected chi connectivity index (χ1v) is 7.63. The Morgan fingerprint density at radius 3 is 2.80 bits per heavy atom. The molecule has 1 aromatic heterocycles. The van der Waals surface area contributed by atoms with Crippen LogP contribution in [0.3, 0.4) is 0 Å². The van der Waals surface area contributed by atoms with Crippen LogP contribution in [0.5, 0.6) is 0 Å². The largest absolute Gasteiger partial charge is 0.342 e. The summed E-state index contributed by atoms with van der Waals surface area (Å²) < 4.78 is 2.10. The van der Waals surface area contributed by atoms with Crippen molar-refractivity contribution in [1.29, 1.82) is 0 Å². The van der Waals surface area contributed by atoms with E-state index in [9.17, 15) is 4.79 Å². The number of aromatic nitrogens is 2. The van der Waals surface area contributed by atoms with E-state index in [1.54, 1.807) is 0 Å². The van der Waals surface area contributed by atoms with Crippen LogP contribution in [0, 0.1) is 0 Å². The molecule has 112 valence electrons. The van der Waals surface area contributed by atoms with Crippen molar-refractivity contribution in [3.8, 4) is 0 Å². The van der Waals surface area contributed by atoms with E-state index in [1.165, 1.54) is 6.42 Å². The molecule has 2 rings (SSSR count). The van der Waals surface area contributed by atoms with Crippen LogP contribution in [0.15, 0.2) is 12.4 Å². The molecule has 1 aliphatic heterocycles. The summed E-state index contributed by atoms with van der Waals surface area (Å²) in [6, 6.07) is 0. The molecule has 0 radical (unpaired) electrons. The van der Waals surface area contributed by atoms with Crippen molar-refractivity contribution in [2.45, 2.75) is 32.6 Å². The minimum absolute atomic E-state index is 0.246. The van der Waals surface area contributed by atoms with Gasteiger partial charge >= 0.3 is 0 Å². The van der Waals surface area contributed by atoms with E-state index in [0.29, 0.717) is 12.5 Å². The lowest BCUT2D eigenvalue weighted by molar-refractivity contribution is -0.132. The Labute approximate surface area is 121 Å². The average molecular weight is 278 g/mol. The highest BCUT2D eigenvalue weighted by Crippen LogP contribution is 2.25. The highest BCUT2D eigenvalue weighted by atomic mass is 16.2. The molecule has 5 heteroatoms. The normalized spacial score (nSPS) is 20.1. The van der Waals surface area contributed by atoms with Gasteiger partial charge in [0.05, 0.1) is 6.54 Å². The van der Waals surface area contributed by atoms with Gasteiger partial charge in [0.25, 0.3) is 0 Å². The fourth-order valence-electron chi connectivity index (χ4n) is 3.05. The third-order valence-corrected chi connectivity index (χ3v) is 4.20. The van der Waals surface area contributed by atoms with E-state index in [2.05, 4.69) is 14.5 Å². The number of carbonyl (C=O) groups is 1. The molecular weight excluding hydrogens is 252 g/mol. The van der Waals surface area contributed by atoms with Crippen LogP contribution >= 0.6 is 0 Å². The Morgan fingerprint density at radius 1 is 1.45 bits per heavy atom. The van der Waals surface area contributed by atoms with E-state index in [-0.39, 0.29) is 5.91 Å². The molecule has 1 atom stereocenters. The number of carbonyl (C=O) groups excluding carboxylic acids is 1. The quantitative estimate of drug-likeness (QED) is 0.819. The number of likely N-dealkylation sites (N-methyl/N-ethyl adjacent to an activating group) is 1. The van der Waals surface area contributed by atoms with Crippen LogP contribution in [0.25, 0.3) is 0 Å². The lowest BCUT2D eigenvalue weighted by Crippen LogP contribution is -2.44. The Bertz CT molecular complexity index is 439. The molecule has 0 aromatic carbocycles. The second kappa shape index (κ2) is 6.88. The van der Waals surface area contributed by atoms with Gasteiger partial charge in [0.2, 0.25) is 5.91 Å². The van der Waals surface area contributed by atoms with Gasteiger partial charge in [-0.1, -0.05) is 0 Å². The maximum absolute atomic E-state index is 12.2. The maximum atomic E-state index is 12.2. The van der Waals surface area contributed by atoms with E-state index in [4.69, 9.17) is 0 Å². The number of hydrogen-bond donors (Lipinski definition) is 0. The number of hydrogen-bond acceptors (Lipinski definition) is 3. The van der Waals surface area contributed by atoms with E-state index >= 15 is 0 Å². The zero-order valence-electron chi connectivity index (χ0n) is 12.9. The third-order valence-electron chi connectivity index (χ3n) is 4.20. The molecule has 2 heterocycles. The summed E-state index contributed by atoms with van der Waals surface area (Å²) in [6.07, 6.45) is 6.16. The van der Waals surface area contributed by atoms with Crippen molar-refractivity contribution < 1.29 is 4.79 Å². The second-order valence-electron chi connectivity index (χ2n) is 5.54. The molecule has 0 aliphatic carbocycles. The lowest BCUT2D eigenvalue weighted by Gasteiger charge is -2.33. The number of aryl methyl sites for hydroxylation is 1. The van der Waals surface area contributed by atoms with Gasteiger partial charge in [-0.15, -0.1) is 0 Å². The Morgan fingerprint density at radius 2 is 2.20 bits per heavy atom. The van der Waals surface area contributed by atoms with Crippen LogP contribution in [-0.4, -0.2) is 58.0 Å². The molecule has 1 aromatic rings. The number of amides is 1. The summed E-state index contributed by atoms with van der Waals surface area (Å²) in [5.74, 6) is 1.84. The molecular formula is C15H26N4O. The van der Waals surface area contributed by atoms with Crippen LogP contribution in [0.2, 0.25) is 0 Å². The van der Waals surface area contributed by atoms with Crippen LogP contribution in [-0.2, 0) is 11.8 Å². The standard InChI is InChI=1S/C15H26N4O/c1-4-19(5-2)14(20)12-18-9-6-7-13(11-18)15-16-8-10-17(15)3/h8,10,13H,4-7,9,11-12H2,1-3H3/t13-/m1/s1. The first kappa shape index (κ1) is 15.0.